The first-order chi connectivity index (χ1) is 17.4. The van der Waals surface area contributed by atoms with Crippen LogP contribution in [0.25, 0.3) is 28.0 Å². The summed E-state index contributed by atoms with van der Waals surface area (Å²) in [5.74, 6) is -0.465. The smallest absolute Gasteiger partial charge is 0.322 e. The Morgan fingerprint density at radius 3 is 2.69 bits per heavy atom. The molecule has 0 unspecified atom stereocenters. The minimum Gasteiger partial charge on any atom is -0.421 e. The monoisotopic (exact) mass is 544 g/mol. The van der Waals surface area contributed by atoms with Crippen LogP contribution < -0.4 is 16.2 Å². The molecule has 0 aliphatic carbocycles. The molecule has 9 nitrogen and oxygen atoms in total. The van der Waals surface area contributed by atoms with Gasteiger partial charge in [0.2, 0.25) is 0 Å². The van der Waals surface area contributed by atoms with Crippen molar-refractivity contribution in [2.45, 2.75) is 13.3 Å². The average molecular weight is 545 g/mol. The van der Waals surface area contributed by atoms with Crippen molar-refractivity contribution in [2.75, 3.05) is 11.5 Å². The first-order valence-corrected chi connectivity index (χ1v) is 11.5. The Morgan fingerprint density at radius 1 is 1.11 bits per heavy atom. The van der Waals surface area contributed by atoms with Crippen LogP contribution >= 0.6 is 15.9 Å². The minimum atomic E-state index is -0.633. The number of hydrogen-bond acceptors (Lipinski definition) is 8. The zero-order valence-electron chi connectivity index (χ0n) is 18.9. The van der Waals surface area contributed by atoms with Crippen LogP contribution in [0.1, 0.15) is 11.3 Å². The zero-order chi connectivity index (χ0) is 25.4. The van der Waals surface area contributed by atoms with Gasteiger partial charge in [0, 0.05) is 34.9 Å². The lowest BCUT2D eigenvalue weighted by Gasteiger charge is -2.16. The molecule has 0 saturated heterocycles. The maximum absolute atomic E-state index is 15.3. The number of benzene rings is 2. The molecule has 0 spiro atoms. The van der Waals surface area contributed by atoms with Crippen LogP contribution in [0, 0.1) is 24.1 Å². The van der Waals surface area contributed by atoms with Gasteiger partial charge in [0.15, 0.2) is 17.4 Å². The molecule has 3 aromatic heterocycles. The average Bonchev–Trinajstić information content (AvgIpc) is 3.14. The third kappa shape index (κ3) is 4.08. The summed E-state index contributed by atoms with van der Waals surface area (Å²) in [6, 6.07) is 13.7. The molecule has 0 amide bonds. The number of rotatable bonds is 5. The summed E-state index contributed by atoms with van der Waals surface area (Å²) in [4.78, 5) is 16.7. The van der Waals surface area contributed by atoms with Gasteiger partial charge in [-0.25, -0.2) is 24.3 Å². The van der Waals surface area contributed by atoms with Crippen LogP contribution in [-0.2, 0) is 6.42 Å². The predicted molar refractivity (Wildman–Crippen MR) is 137 cm³/mol. The minimum absolute atomic E-state index is 0.0386. The van der Waals surface area contributed by atoms with Gasteiger partial charge in [-0.3, -0.25) is 0 Å². The first-order valence-electron chi connectivity index (χ1n) is 10.7. The van der Waals surface area contributed by atoms with Crippen molar-refractivity contribution in [1.82, 2.24) is 24.5 Å². The van der Waals surface area contributed by atoms with Gasteiger partial charge in [0.25, 0.3) is 0 Å². The number of hydrogen-bond donors (Lipinski definition) is 2. The first kappa shape index (κ1) is 23.2. The van der Waals surface area contributed by atoms with Crippen molar-refractivity contribution in [2.24, 2.45) is 0 Å². The van der Waals surface area contributed by atoms with Gasteiger partial charge in [-0.05, 0) is 58.7 Å². The molecule has 0 radical (unpaired) electrons. The van der Waals surface area contributed by atoms with Gasteiger partial charge in [0.05, 0.1) is 22.7 Å². The summed E-state index contributed by atoms with van der Waals surface area (Å²) in [6.07, 6.45) is 3.01. The summed E-state index contributed by atoms with van der Waals surface area (Å²) in [5, 5.41) is 9.40. The number of ether oxygens (including phenoxy) is 1. The molecular formula is C25H18BrFN8O. The maximum atomic E-state index is 15.3. The van der Waals surface area contributed by atoms with E-state index in [1.54, 1.807) is 35.8 Å². The Morgan fingerprint density at radius 2 is 1.94 bits per heavy atom. The normalized spacial score (nSPS) is 10.9. The van der Waals surface area contributed by atoms with Gasteiger partial charge in [-0.1, -0.05) is 6.07 Å². The highest BCUT2D eigenvalue weighted by Gasteiger charge is 2.24. The SMILES string of the molecule is Cc1ccnc(Oc2ccc(-n3c(-c4ccc(N)cc4CC#N)c(Br)c4ncnc(N)c43)cc2F)n1. The number of anilines is 2. The van der Waals surface area contributed by atoms with Crippen LogP contribution in [0.5, 0.6) is 11.8 Å². The van der Waals surface area contributed by atoms with Gasteiger partial charge in [-0.2, -0.15) is 5.26 Å². The summed E-state index contributed by atoms with van der Waals surface area (Å²) >= 11 is 3.64. The molecule has 0 bridgehead atoms. The highest BCUT2D eigenvalue weighted by Crippen LogP contribution is 2.42. The fourth-order valence-corrected chi connectivity index (χ4v) is 4.63. The maximum Gasteiger partial charge on any atom is 0.322 e. The molecule has 0 aliphatic heterocycles. The van der Waals surface area contributed by atoms with Crippen LogP contribution in [0.4, 0.5) is 15.9 Å². The van der Waals surface area contributed by atoms with E-state index in [-0.39, 0.29) is 24.0 Å². The predicted octanol–water partition coefficient (Wildman–Crippen LogP) is 5.11. The van der Waals surface area contributed by atoms with Crippen LogP contribution in [0.2, 0.25) is 0 Å². The summed E-state index contributed by atoms with van der Waals surface area (Å²) in [7, 11) is 0. The lowest BCUT2D eigenvalue weighted by molar-refractivity contribution is 0.410. The van der Waals surface area contributed by atoms with Crippen LogP contribution in [0.3, 0.4) is 0 Å². The summed E-state index contributed by atoms with van der Waals surface area (Å²) in [5.41, 5.74) is 17.0. The number of aryl methyl sites for hydroxylation is 1. The molecule has 0 saturated carbocycles. The number of nitrogens with zero attached hydrogens (tertiary/aromatic N) is 6. The third-order valence-corrected chi connectivity index (χ3v) is 6.27. The van der Waals surface area contributed by atoms with Crippen LogP contribution in [-0.4, -0.2) is 24.5 Å². The van der Waals surface area contributed by atoms with E-state index in [0.29, 0.717) is 49.4 Å². The quantitative estimate of drug-likeness (QED) is 0.290. The zero-order valence-corrected chi connectivity index (χ0v) is 20.5. The molecule has 0 fully saturated rings. The van der Waals surface area contributed by atoms with Crippen LogP contribution in [0.15, 0.2) is 59.5 Å². The number of nitriles is 1. The van der Waals surface area contributed by atoms with E-state index in [2.05, 4.69) is 41.9 Å². The molecule has 36 heavy (non-hydrogen) atoms. The van der Waals surface area contributed by atoms with E-state index in [4.69, 9.17) is 16.2 Å². The number of nitrogen functional groups attached to an aromatic ring is 2. The molecule has 178 valence electrons. The second-order valence-electron chi connectivity index (χ2n) is 7.90. The van der Waals surface area contributed by atoms with Crippen molar-refractivity contribution < 1.29 is 9.13 Å². The van der Waals surface area contributed by atoms with Crippen molar-refractivity contribution in [3.05, 3.63) is 76.5 Å². The van der Waals surface area contributed by atoms with E-state index < -0.39 is 5.82 Å². The van der Waals surface area contributed by atoms with Gasteiger partial charge >= 0.3 is 6.01 Å². The molecule has 3 heterocycles. The second kappa shape index (κ2) is 9.24. The number of halogens is 2. The highest BCUT2D eigenvalue weighted by atomic mass is 79.9. The molecule has 5 rings (SSSR count). The summed E-state index contributed by atoms with van der Waals surface area (Å²) in [6.45, 7) is 1.79. The van der Waals surface area contributed by atoms with E-state index in [9.17, 15) is 5.26 Å². The Kier molecular flexibility index (Phi) is 5.95. The highest BCUT2D eigenvalue weighted by molar-refractivity contribution is 9.10. The van der Waals surface area contributed by atoms with Gasteiger partial charge < -0.3 is 20.8 Å². The molecule has 5 aromatic rings. The summed E-state index contributed by atoms with van der Waals surface area (Å²) < 4.78 is 23.2. The standard InChI is InChI=1S/C25H18BrFN8O/c1-13-7-9-31-25(34-13)36-19-5-3-16(11-18(19)27)35-22(17-4-2-15(29)10-14(17)6-8-28)20(26)21-23(35)24(30)33-12-32-21/h2-5,7,9-12H,6,29H2,1H3,(H2,30,32,33). The lowest BCUT2D eigenvalue weighted by atomic mass is 10.0. The fourth-order valence-electron chi connectivity index (χ4n) is 3.95. The number of nitrogens with two attached hydrogens (primary N) is 2. The van der Waals surface area contributed by atoms with E-state index >= 15 is 4.39 Å². The Hall–Kier alpha value is -4.56. The molecule has 11 heteroatoms. The molecule has 0 atom stereocenters. The second-order valence-corrected chi connectivity index (χ2v) is 8.70. The fraction of sp³-hybridized carbons (Fsp3) is 0.0800. The third-order valence-electron chi connectivity index (χ3n) is 5.52. The lowest BCUT2D eigenvalue weighted by Crippen LogP contribution is -2.04. The molecular weight excluding hydrogens is 527 g/mol. The van der Waals surface area contributed by atoms with Crippen molar-refractivity contribution in [3.63, 3.8) is 0 Å². The Labute approximate surface area is 213 Å². The topological polar surface area (TPSA) is 142 Å². The Bertz CT molecular complexity index is 1680. The Balaban J connectivity index is 1.73. The molecule has 4 N–H and O–H groups in total. The largest absolute Gasteiger partial charge is 0.421 e. The molecule has 0 aliphatic rings. The van der Waals surface area contributed by atoms with E-state index in [1.165, 1.54) is 24.7 Å². The van der Waals surface area contributed by atoms with Gasteiger partial charge in [0.1, 0.15) is 17.4 Å². The van der Waals surface area contributed by atoms with Crippen molar-refractivity contribution in [1.29, 1.82) is 5.26 Å². The number of fused-ring (bicyclic) bond motifs is 1. The van der Waals surface area contributed by atoms with Crippen molar-refractivity contribution in [3.8, 4) is 34.8 Å². The van der Waals surface area contributed by atoms with Gasteiger partial charge in [-0.15, -0.1) is 0 Å². The number of aromatic nitrogens is 5. The van der Waals surface area contributed by atoms with Crippen molar-refractivity contribution >= 4 is 38.5 Å². The molecule has 2 aromatic carbocycles. The van der Waals surface area contributed by atoms with E-state index in [0.717, 1.165) is 0 Å². The van der Waals surface area contributed by atoms with E-state index in [1.807, 2.05) is 6.07 Å².